The van der Waals surface area contributed by atoms with Gasteiger partial charge in [0.25, 0.3) is 5.89 Å². The van der Waals surface area contributed by atoms with Crippen molar-refractivity contribution in [2.24, 2.45) is 5.92 Å². The number of hydrogen-bond donors (Lipinski definition) is 1. The molecule has 0 bridgehead atoms. The van der Waals surface area contributed by atoms with E-state index in [1.807, 2.05) is 6.92 Å². The zero-order valence-corrected chi connectivity index (χ0v) is 11.0. The number of hydrogen-bond acceptors (Lipinski definition) is 6. The molecule has 6 heteroatoms. The fourth-order valence-electron chi connectivity index (χ4n) is 1.52. The predicted molar refractivity (Wildman–Crippen MR) is 67.7 cm³/mol. The Morgan fingerprint density at radius 1 is 1.41 bits per heavy atom. The molecule has 92 valence electrons. The summed E-state index contributed by atoms with van der Waals surface area (Å²) in [5, 5.41) is 4.59. The Labute approximate surface area is 104 Å². The fraction of sp³-hybridized carbons (Fsp3) is 0.545. The van der Waals surface area contributed by atoms with Gasteiger partial charge in [0.15, 0.2) is 5.82 Å². The van der Waals surface area contributed by atoms with Gasteiger partial charge in [-0.1, -0.05) is 19.0 Å². The fourth-order valence-corrected chi connectivity index (χ4v) is 2.18. The molecule has 0 unspecified atom stereocenters. The molecule has 0 amide bonds. The minimum absolute atomic E-state index is 0.479. The first kappa shape index (κ1) is 12.0. The van der Waals surface area contributed by atoms with Crippen molar-refractivity contribution in [3.8, 4) is 11.5 Å². The Hall–Kier alpha value is -1.43. The second-order valence-corrected chi connectivity index (χ2v) is 5.26. The van der Waals surface area contributed by atoms with E-state index in [2.05, 4.69) is 28.4 Å². The third-order valence-corrected chi connectivity index (χ3v) is 3.28. The van der Waals surface area contributed by atoms with Gasteiger partial charge in [0.1, 0.15) is 5.00 Å². The molecule has 2 N–H and O–H groups in total. The molecule has 0 saturated carbocycles. The molecule has 5 nitrogen and oxygen atoms in total. The van der Waals surface area contributed by atoms with Gasteiger partial charge >= 0.3 is 0 Å². The van der Waals surface area contributed by atoms with E-state index in [0.29, 0.717) is 16.8 Å². The molecule has 0 saturated heterocycles. The monoisotopic (exact) mass is 252 g/mol. The van der Waals surface area contributed by atoms with Gasteiger partial charge in [-0.3, -0.25) is 0 Å². The van der Waals surface area contributed by atoms with Crippen molar-refractivity contribution in [1.29, 1.82) is 0 Å². The molecule has 0 aliphatic heterocycles. The predicted octanol–water partition coefficient (Wildman–Crippen LogP) is 2.67. The van der Waals surface area contributed by atoms with Crippen LogP contribution in [0.15, 0.2) is 4.52 Å². The molecule has 17 heavy (non-hydrogen) atoms. The molecule has 0 aromatic carbocycles. The van der Waals surface area contributed by atoms with Crippen LogP contribution in [0.5, 0.6) is 0 Å². The van der Waals surface area contributed by atoms with Crippen LogP contribution in [0, 0.1) is 12.8 Å². The minimum Gasteiger partial charge on any atom is -0.389 e. The third kappa shape index (κ3) is 2.63. The lowest BCUT2D eigenvalue weighted by Crippen LogP contribution is -1.94. The highest BCUT2D eigenvalue weighted by atomic mass is 32.1. The Kier molecular flexibility index (Phi) is 3.42. The van der Waals surface area contributed by atoms with Crippen LogP contribution in [0.25, 0.3) is 11.5 Å². The molecular weight excluding hydrogens is 236 g/mol. The van der Waals surface area contributed by atoms with E-state index in [9.17, 15) is 0 Å². The van der Waals surface area contributed by atoms with E-state index in [1.54, 1.807) is 0 Å². The first-order chi connectivity index (χ1) is 8.08. The summed E-state index contributed by atoms with van der Waals surface area (Å²) in [5.74, 6) is 1.85. The Bertz CT molecular complexity index is 484. The van der Waals surface area contributed by atoms with Gasteiger partial charge in [-0.05, 0) is 30.8 Å². The lowest BCUT2D eigenvalue weighted by Gasteiger charge is -1.98. The Morgan fingerprint density at radius 3 is 2.76 bits per heavy atom. The number of nitrogen functional groups attached to an aromatic ring is 1. The molecule has 0 aliphatic rings. The van der Waals surface area contributed by atoms with Gasteiger partial charge in [0.2, 0.25) is 0 Å². The molecule has 0 fully saturated rings. The number of nitrogens with zero attached hydrogens (tertiary/aromatic N) is 3. The highest BCUT2D eigenvalue weighted by Gasteiger charge is 2.17. The number of rotatable bonds is 4. The smallest absolute Gasteiger partial charge is 0.262 e. The standard InChI is InChI=1S/C11H16N4OS/c1-6(2)4-5-8-13-11(16-14-8)9-7(3)15-17-10(9)12/h6H,4-5,12H2,1-3H3. The molecule has 2 aromatic heterocycles. The first-order valence-electron chi connectivity index (χ1n) is 5.62. The van der Waals surface area contributed by atoms with Crippen LogP contribution >= 0.6 is 11.5 Å². The summed E-state index contributed by atoms with van der Waals surface area (Å²) < 4.78 is 9.39. The van der Waals surface area contributed by atoms with E-state index in [-0.39, 0.29) is 0 Å². The van der Waals surface area contributed by atoms with Crippen LogP contribution in [-0.2, 0) is 6.42 Å². The normalized spacial score (nSPS) is 11.3. The van der Waals surface area contributed by atoms with Crippen LogP contribution in [0.2, 0.25) is 0 Å². The average Bonchev–Trinajstić information content (AvgIpc) is 2.83. The van der Waals surface area contributed by atoms with Crippen molar-refractivity contribution in [2.75, 3.05) is 5.73 Å². The molecule has 0 spiro atoms. The van der Waals surface area contributed by atoms with Gasteiger partial charge in [0, 0.05) is 6.42 Å². The Balaban J connectivity index is 2.18. The molecule has 0 atom stereocenters. The van der Waals surface area contributed by atoms with E-state index >= 15 is 0 Å². The number of anilines is 1. The largest absolute Gasteiger partial charge is 0.389 e. The van der Waals surface area contributed by atoms with Crippen LogP contribution < -0.4 is 5.73 Å². The van der Waals surface area contributed by atoms with Crippen LogP contribution in [0.4, 0.5) is 5.00 Å². The van der Waals surface area contributed by atoms with Gasteiger partial charge in [-0.15, -0.1) is 0 Å². The van der Waals surface area contributed by atoms with Crippen LogP contribution in [0.1, 0.15) is 31.8 Å². The van der Waals surface area contributed by atoms with Crippen LogP contribution in [0.3, 0.4) is 0 Å². The van der Waals surface area contributed by atoms with Crippen molar-refractivity contribution in [3.05, 3.63) is 11.5 Å². The maximum atomic E-state index is 5.83. The molecule has 2 aromatic rings. The maximum Gasteiger partial charge on any atom is 0.262 e. The second kappa shape index (κ2) is 4.83. The minimum atomic E-state index is 0.479. The van der Waals surface area contributed by atoms with E-state index in [0.717, 1.165) is 29.9 Å². The molecular formula is C11H16N4OS. The van der Waals surface area contributed by atoms with Gasteiger partial charge in [0.05, 0.1) is 11.3 Å². The summed E-state index contributed by atoms with van der Waals surface area (Å²) in [4.78, 5) is 4.36. The zero-order valence-electron chi connectivity index (χ0n) is 10.2. The Morgan fingerprint density at radius 2 is 2.18 bits per heavy atom. The first-order valence-corrected chi connectivity index (χ1v) is 6.40. The molecule has 0 radical (unpaired) electrons. The SMILES string of the molecule is Cc1nsc(N)c1-c1nc(CCC(C)C)no1. The van der Waals surface area contributed by atoms with Gasteiger partial charge in [-0.2, -0.15) is 9.36 Å². The summed E-state index contributed by atoms with van der Waals surface area (Å²) in [7, 11) is 0. The molecule has 2 rings (SSSR count). The van der Waals surface area contributed by atoms with Crippen molar-refractivity contribution in [1.82, 2.24) is 14.5 Å². The summed E-state index contributed by atoms with van der Waals surface area (Å²) >= 11 is 1.25. The topological polar surface area (TPSA) is 77.8 Å². The third-order valence-electron chi connectivity index (χ3n) is 2.52. The van der Waals surface area contributed by atoms with Crippen molar-refractivity contribution in [2.45, 2.75) is 33.6 Å². The summed E-state index contributed by atoms with van der Waals surface area (Å²) in [6.45, 7) is 6.23. The molecule has 0 aliphatic carbocycles. The quantitative estimate of drug-likeness (QED) is 0.905. The average molecular weight is 252 g/mol. The van der Waals surface area contributed by atoms with Crippen molar-refractivity contribution < 1.29 is 4.52 Å². The number of aromatic nitrogens is 3. The summed E-state index contributed by atoms with van der Waals surface area (Å²) in [5.41, 5.74) is 7.45. The van der Waals surface area contributed by atoms with Gasteiger partial charge in [-0.25, -0.2) is 0 Å². The summed E-state index contributed by atoms with van der Waals surface area (Å²) in [6, 6.07) is 0. The van der Waals surface area contributed by atoms with Crippen molar-refractivity contribution >= 4 is 16.5 Å². The highest BCUT2D eigenvalue weighted by Crippen LogP contribution is 2.30. The summed E-state index contributed by atoms with van der Waals surface area (Å²) in [6.07, 6.45) is 1.88. The van der Waals surface area contributed by atoms with Crippen LogP contribution in [-0.4, -0.2) is 14.5 Å². The lowest BCUT2D eigenvalue weighted by atomic mass is 10.1. The molecule has 2 heterocycles. The van der Waals surface area contributed by atoms with Crippen molar-refractivity contribution in [3.63, 3.8) is 0 Å². The van der Waals surface area contributed by atoms with E-state index < -0.39 is 0 Å². The number of nitrogens with two attached hydrogens (primary N) is 1. The second-order valence-electron chi connectivity index (χ2n) is 4.46. The zero-order chi connectivity index (χ0) is 12.4. The van der Waals surface area contributed by atoms with E-state index in [4.69, 9.17) is 10.3 Å². The lowest BCUT2D eigenvalue weighted by molar-refractivity contribution is 0.419. The maximum absolute atomic E-state index is 5.83. The number of aryl methyl sites for hydroxylation is 2. The van der Waals surface area contributed by atoms with E-state index in [1.165, 1.54) is 11.5 Å². The highest BCUT2D eigenvalue weighted by molar-refractivity contribution is 7.10. The van der Waals surface area contributed by atoms with Gasteiger partial charge < -0.3 is 10.3 Å².